The number of nitrogens with one attached hydrogen (secondary N) is 1. The number of aromatic amines is 1. The second-order valence-corrected chi connectivity index (χ2v) is 15.5. The summed E-state index contributed by atoms with van der Waals surface area (Å²) in [6.45, 7) is 0.490. The van der Waals surface area contributed by atoms with E-state index >= 15 is 0 Å². The van der Waals surface area contributed by atoms with Crippen LogP contribution in [0.4, 0.5) is 0 Å². The van der Waals surface area contributed by atoms with Gasteiger partial charge in [-0.2, -0.15) is 0 Å². The smallest absolute Gasteiger partial charge is 0.337 e. The Kier molecular flexibility index (Phi) is 11.8. The molecule has 302 valence electrons. The third kappa shape index (κ3) is 8.14. The molecule has 0 spiro atoms. The Bertz CT molecular complexity index is 3060. The van der Waals surface area contributed by atoms with Gasteiger partial charge >= 0.3 is 5.97 Å². The molecule has 0 amide bonds. The van der Waals surface area contributed by atoms with Crippen LogP contribution in [0.5, 0.6) is 0 Å². The second kappa shape index (κ2) is 18.2. The molecule has 1 aliphatic rings. The van der Waals surface area contributed by atoms with Gasteiger partial charge in [-0.25, -0.2) is 4.79 Å². The van der Waals surface area contributed by atoms with Crippen LogP contribution in [0.1, 0.15) is 72.2 Å². The summed E-state index contributed by atoms with van der Waals surface area (Å²) in [4.78, 5) is 27.5. The number of aromatic nitrogens is 4. The minimum absolute atomic E-state index is 0.194. The topological polar surface area (TPSA) is 75.2 Å². The SMILES string of the molecule is COC(=O)c1cccc(Cn2cc3cc2[C+](c2ccccc2)c2ccc([n-]2)[C+](c2ccccc2)c2ccc([nH]2)/C(c2ccccc2)=c2/cc/c([n-]2)=C/3c2ccccc2)c1.ClCCl. The van der Waals surface area contributed by atoms with Gasteiger partial charge in [0, 0.05) is 66.8 Å². The molecular weight excluding hydrogens is 808 g/mol. The molecule has 8 bridgehead atoms. The first-order valence-electron chi connectivity index (χ1n) is 20.2. The molecule has 0 aliphatic carbocycles. The van der Waals surface area contributed by atoms with Crippen LogP contribution >= 0.6 is 23.2 Å². The maximum absolute atomic E-state index is 12.7. The number of fused-ring (bicyclic) bond motifs is 8. The van der Waals surface area contributed by atoms with Crippen molar-refractivity contribution in [3.05, 3.63) is 284 Å². The molecule has 6 nitrogen and oxygen atoms in total. The Hall–Kier alpha value is -7.25. The van der Waals surface area contributed by atoms with E-state index in [4.69, 9.17) is 37.9 Å². The van der Waals surface area contributed by atoms with Crippen molar-refractivity contribution in [2.24, 2.45) is 0 Å². The van der Waals surface area contributed by atoms with E-state index in [0.29, 0.717) is 12.1 Å². The van der Waals surface area contributed by atoms with E-state index in [9.17, 15) is 4.79 Å². The lowest BCUT2D eigenvalue weighted by Gasteiger charge is -2.21. The number of halogens is 2. The quantitative estimate of drug-likeness (QED) is 0.0986. The molecule has 0 fully saturated rings. The molecule has 5 heterocycles. The largest absolute Gasteiger partial charge is 0.657 e. The molecule has 0 saturated carbocycles. The van der Waals surface area contributed by atoms with Crippen LogP contribution in [0.3, 0.4) is 0 Å². The lowest BCUT2D eigenvalue weighted by atomic mass is 9.91. The van der Waals surface area contributed by atoms with Crippen molar-refractivity contribution in [1.82, 2.24) is 19.5 Å². The number of carbonyl (C=O) groups is 1. The van der Waals surface area contributed by atoms with Gasteiger partial charge in [-0.05, 0) is 93.8 Å². The van der Waals surface area contributed by atoms with Crippen molar-refractivity contribution in [3.8, 4) is 0 Å². The summed E-state index contributed by atoms with van der Waals surface area (Å²) >= 11 is 9.53. The molecule has 1 aliphatic heterocycles. The predicted molar refractivity (Wildman–Crippen MR) is 248 cm³/mol. The van der Waals surface area contributed by atoms with Crippen molar-refractivity contribution in [1.29, 1.82) is 0 Å². The van der Waals surface area contributed by atoms with Crippen molar-refractivity contribution in [3.63, 3.8) is 0 Å². The molecule has 4 aromatic heterocycles. The third-order valence-electron chi connectivity index (χ3n) is 10.9. The number of alkyl halides is 2. The fraction of sp³-hybridized carbons (Fsp3) is 0.0556. The van der Waals surface area contributed by atoms with Crippen LogP contribution in [-0.2, 0) is 11.3 Å². The molecular formula is C54H40Cl2N4O2. The number of nitrogens with zero attached hydrogens (tertiary/aromatic N) is 3. The minimum atomic E-state index is -0.369. The molecule has 10 rings (SSSR count). The highest BCUT2D eigenvalue weighted by Crippen LogP contribution is 2.37. The lowest BCUT2D eigenvalue weighted by Crippen LogP contribution is -2.20. The predicted octanol–water partition coefficient (Wildman–Crippen LogP) is 9.83. The summed E-state index contributed by atoms with van der Waals surface area (Å²) in [5.41, 5.74) is 13.3. The number of hydrogen-bond acceptors (Lipinski definition) is 2. The van der Waals surface area contributed by atoms with E-state index in [2.05, 4.69) is 155 Å². The van der Waals surface area contributed by atoms with Gasteiger partial charge in [0.2, 0.25) is 0 Å². The maximum atomic E-state index is 12.7. The fourth-order valence-corrected chi connectivity index (χ4v) is 8.26. The zero-order valence-corrected chi connectivity index (χ0v) is 35.3. The van der Waals surface area contributed by atoms with E-state index in [1.807, 2.05) is 42.5 Å². The third-order valence-corrected chi connectivity index (χ3v) is 10.9. The number of rotatable bonds is 7. The van der Waals surface area contributed by atoms with E-state index in [1.165, 1.54) is 7.11 Å². The van der Waals surface area contributed by atoms with Crippen LogP contribution in [0.2, 0.25) is 0 Å². The summed E-state index contributed by atoms with van der Waals surface area (Å²) in [5, 5.41) is 1.92. The van der Waals surface area contributed by atoms with Crippen LogP contribution < -0.4 is 20.7 Å². The number of H-pyrrole nitrogens is 1. The molecule has 8 heteroatoms. The summed E-state index contributed by atoms with van der Waals surface area (Å²) in [6.07, 6.45) is 2.21. The second-order valence-electron chi connectivity index (χ2n) is 14.7. The monoisotopic (exact) mass is 846 g/mol. The van der Waals surface area contributed by atoms with Gasteiger partial charge in [-0.1, -0.05) is 84.9 Å². The van der Waals surface area contributed by atoms with Gasteiger partial charge in [0.1, 0.15) is 11.4 Å². The van der Waals surface area contributed by atoms with E-state index in [-0.39, 0.29) is 11.3 Å². The molecule has 1 N–H and O–H groups in total. The van der Waals surface area contributed by atoms with E-state index < -0.39 is 0 Å². The standard InChI is InChI=1S/C53H38N4O2.CH2Cl2/c1-59-53(58)40-24-14-15-35(31-40)33-57-34-41-32-48(57)52(39-22-12-5-13-23-39)47-30-29-46(56-47)51(38-20-10-4-11-21-38)45-28-27-44(55-45)50(37-18-8-3-9-19-37)43-26-25-42(54-43)49(41)36-16-6-2-7-17-36;2-1-3/h2-32,34,55H,33H2,1H3;1H2/b49-42-,50-43-;. The molecule has 62 heavy (non-hydrogen) atoms. The van der Waals surface area contributed by atoms with Gasteiger partial charge in [-0.15, -0.1) is 33.9 Å². The Morgan fingerprint density at radius 3 is 1.79 bits per heavy atom. The average molecular weight is 848 g/mol. The Morgan fingerprint density at radius 1 is 0.597 bits per heavy atom. The molecule has 0 unspecified atom stereocenters. The number of carbonyl (C=O) groups excluding carboxylic acids is 1. The maximum Gasteiger partial charge on any atom is 0.337 e. The average Bonchev–Trinajstić information content (AvgIpc) is 4.16. The van der Waals surface area contributed by atoms with Crippen molar-refractivity contribution >= 4 is 40.3 Å². The first-order valence-corrected chi connectivity index (χ1v) is 21.3. The lowest BCUT2D eigenvalue weighted by molar-refractivity contribution is 0.0600. The highest BCUT2D eigenvalue weighted by atomic mass is 35.5. The summed E-state index contributed by atoms with van der Waals surface area (Å²) in [6, 6.07) is 64.6. The van der Waals surface area contributed by atoms with Gasteiger partial charge in [0.25, 0.3) is 0 Å². The normalized spacial score (nSPS) is 13.9. The zero-order valence-electron chi connectivity index (χ0n) is 33.8. The van der Waals surface area contributed by atoms with Gasteiger partial charge in [0.05, 0.1) is 46.7 Å². The fourth-order valence-electron chi connectivity index (χ4n) is 8.26. The first kappa shape index (κ1) is 40.2. The molecule has 0 atom stereocenters. The number of hydrogen-bond donors (Lipinski definition) is 1. The van der Waals surface area contributed by atoms with Crippen LogP contribution in [-0.4, -0.2) is 28.0 Å². The minimum Gasteiger partial charge on any atom is -0.657 e. The Balaban J connectivity index is 0.00000159. The summed E-state index contributed by atoms with van der Waals surface area (Å²) in [5.74, 6) is 1.62. The molecule has 9 aromatic rings. The highest BCUT2D eigenvalue weighted by Gasteiger charge is 2.29. The van der Waals surface area contributed by atoms with Crippen molar-refractivity contribution in [2.45, 2.75) is 6.54 Å². The highest BCUT2D eigenvalue weighted by molar-refractivity contribution is 6.40. The zero-order chi connectivity index (χ0) is 42.4. The van der Waals surface area contributed by atoms with Crippen LogP contribution in [0.15, 0.2) is 194 Å². The molecule has 5 aromatic carbocycles. The van der Waals surface area contributed by atoms with Gasteiger partial charge in [0.15, 0.2) is 0 Å². The van der Waals surface area contributed by atoms with Crippen molar-refractivity contribution < 1.29 is 9.53 Å². The molecule has 0 saturated heterocycles. The summed E-state index contributed by atoms with van der Waals surface area (Å²) in [7, 11) is 1.41. The van der Waals surface area contributed by atoms with Gasteiger partial charge < -0.3 is 24.3 Å². The van der Waals surface area contributed by atoms with E-state index in [1.54, 1.807) is 6.07 Å². The van der Waals surface area contributed by atoms with Gasteiger partial charge in [-0.3, -0.25) is 0 Å². The summed E-state index contributed by atoms with van der Waals surface area (Å²) < 4.78 is 7.37. The number of esters is 1. The van der Waals surface area contributed by atoms with E-state index in [0.717, 1.165) is 95.5 Å². The number of ether oxygens (including phenoxy) is 1. The Morgan fingerprint density at radius 2 is 1.16 bits per heavy atom. The number of methoxy groups -OCH3 is 1. The van der Waals surface area contributed by atoms with Crippen molar-refractivity contribution in [2.75, 3.05) is 12.4 Å². The first-order chi connectivity index (χ1) is 30.5. The number of benzene rings is 5. The Labute approximate surface area is 370 Å². The van der Waals surface area contributed by atoms with Crippen LogP contribution in [0, 0.1) is 11.8 Å². The van der Waals surface area contributed by atoms with Crippen LogP contribution in [0.25, 0.3) is 11.1 Å². The molecule has 0 radical (unpaired) electrons.